The van der Waals surface area contributed by atoms with Gasteiger partial charge >= 0.3 is 0 Å². The Morgan fingerprint density at radius 1 is 1.44 bits per heavy atom. The first-order valence-corrected chi connectivity index (χ1v) is 6.80. The number of aromatic amines is 1. The van der Waals surface area contributed by atoms with Crippen LogP contribution in [0.25, 0.3) is 0 Å². The van der Waals surface area contributed by atoms with E-state index >= 15 is 0 Å². The number of allylic oxidation sites excluding steroid dienone is 1. The van der Waals surface area contributed by atoms with E-state index in [0.29, 0.717) is 23.7 Å². The summed E-state index contributed by atoms with van der Waals surface area (Å²) in [6, 6.07) is 0. The summed E-state index contributed by atoms with van der Waals surface area (Å²) in [5.41, 5.74) is 0. The summed E-state index contributed by atoms with van der Waals surface area (Å²) >= 11 is 5.22. The van der Waals surface area contributed by atoms with E-state index in [1.54, 1.807) is 0 Å². The zero-order valence-electron chi connectivity index (χ0n) is 11.4. The predicted molar refractivity (Wildman–Crippen MR) is 76.1 cm³/mol. The first kappa shape index (κ1) is 15.1. The minimum Gasteiger partial charge on any atom is -0.393 e. The Balaban J connectivity index is 3.03. The maximum absolute atomic E-state index is 9.63. The average Bonchev–Trinajstić information content (AvgIpc) is 2.59. The number of aliphatic hydroxyl groups is 1. The summed E-state index contributed by atoms with van der Waals surface area (Å²) in [6.07, 6.45) is 3.16. The van der Waals surface area contributed by atoms with E-state index in [2.05, 4.69) is 30.6 Å². The highest BCUT2D eigenvalue weighted by atomic mass is 32.1. The molecular formula is C13H23N3OS. The Hall–Kier alpha value is -0.940. The molecule has 0 amide bonds. The van der Waals surface area contributed by atoms with Crippen LogP contribution in [0.15, 0.2) is 12.7 Å². The first-order chi connectivity index (χ1) is 8.45. The Kier molecular flexibility index (Phi) is 5.75. The number of H-pyrrole nitrogens is 1. The quantitative estimate of drug-likeness (QED) is 0.591. The van der Waals surface area contributed by atoms with Crippen molar-refractivity contribution in [3.8, 4) is 0 Å². The van der Waals surface area contributed by atoms with Gasteiger partial charge < -0.3 is 9.67 Å². The maximum atomic E-state index is 9.63. The molecule has 0 saturated carbocycles. The Morgan fingerprint density at radius 2 is 2.11 bits per heavy atom. The molecule has 0 aliphatic carbocycles. The summed E-state index contributed by atoms with van der Waals surface area (Å²) in [5, 5.41) is 16.8. The van der Waals surface area contributed by atoms with Crippen molar-refractivity contribution >= 4 is 12.2 Å². The third-order valence-corrected chi connectivity index (χ3v) is 3.16. The van der Waals surface area contributed by atoms with Crippen LogP contribution >= 0.6 is 12.2 Å². The lowest BCUT2D eigenvalue weighted by Crippen LogP contribution is -2.16. The van der Waals surface area contributed by atoms with Gasteiger partial charge in [0.25, 0.3) is 0 Å². The fourth-order valence-electron chi connectivity index (χ4n) is 2.23. The molecule has 0 unspecified atom stereocenters. The van der Waals surface area contributed by atoms with Crippen molar-refractivity contribution in [1.82, 2.24) is 14.8 Å². The molecule has 0 aromatic carbocycles. The molecule has 0 radical (unpaired) electrons. The molecule has 2 N–H and O–H groups in total. The van der Waals surface area contributed by atoms with Crippen LogP contribution in [-0.2, 0) is 6.54 Å². The molecule has 18 heavy (non-hydrogen) atoms. The van der Waals surface area contributed by atoms with E-state index < -0.39 is 0 Å². The van der Waals surface area contributed by atoms with Crippen molar-refractivity contribution < 1.29 is 5.11 Å². The highest BCUT2D eigenvalue weighted by Gasteiger charge is 2.21. The Labute approximate surface area is 114 Å². The molecule has 0 aliphatic rings. The Morgan fingerprint density at radius 3 is 2.61 bits per heavy atom. The van der Waals surface area contributed by atoms with Crippen LogP contribution in [0.1, 0.15) is 45.4 Å². The largest absolute Gasteiger partial charge is 0.393 e. The summed E-state index contributed by atoms with van der Waals surface area (Å²) in [5.74, 6) is 1.70. The number of nitrogens with zero attached hydrogens (tertiary/aromatic N) is 2. The van der Waals surface area contributed by atoms with Crippen molar-refractivity contribution in [3.63, 3.8) is 0 Å². The van der Waals surface area contributed by atoms with Crippen molar-refractivity contribution in [2.75, 3.05) is 0 Å². The molecule has 1 aromatic rings. The van der Waals surface area contributed by atoms with E-state index in [0.717, 1.165) is 12.2 Å². The van der Waals surface area contributed by atoms with Gasteiger partial charge in [-0.05, 0) is 37.9 Å². The van der Waals surface area contributed by atoms with Gasteiger partial charge in [0, 0.05) is 12.5 Å². The molecule has 1 rings (SSSR count). The van der Waals surface area contributed by atoms with Crippen LogP contribution in [0, 0.1) is 10.7 Å². The average molecular weight is 269 g/mol. The highest BCUT2D eigenvalue weighted by Crippen LogP contribution is 2.27. The molecule has 2 atom stereocenters. The molecule has 1 heterocycles. The van der Waals surface area contributed by atoms with Crippen LogP contribution in [0.4, 0.5) is 0 Å². The van der Waals surface area contributed by atoms with Crippen molar-refractivity contribution in [1.29, 1.82) is 0 Å². The SMILES string of the molecule is C=CCn1c([C@H](CC(C)C)C[C@@H](C)O)n[nH]c1=S. The van der Waals surface area contributed by atoms with E-state index in [1.807, 2.05) is 17.6 Å². The van der Waals surface area contributed by atoms with Crippen LogP contribution in [0.3, 0.4) is 0 Å². The molecule has 1 aromatic heterocycles. The number of hydrogen-bond acceptors (Lipinski definition) is 3. The zero-order valence-corrected chi connectivity index (χ0v) is 12.2. The molecule has 0 bridgehead atoms. The fourth-order valence-corrected chi connectivity index (χ4v) is 2.45. The lowest BCUT2D eigenvalue weighted by atomic mass is 9.91. The van der Waals surface area contributed by atoms with E-state index in [4.69, 9.17) is 12.2 Å². The summed E-state index contributed by atoms with van der Waals surface area (Å²) in [7, 11) is 0. The molecule has 0 spiro atoms. The second-order valence-electron chi connectivity index (χ2n) is 5.20. The minimum absolute atomic E-state index is 0.220. The maximum Gasteiger partial charge on any atom is 0.195 e. The first-order valence-electron chi connectivity index (χ1n) is 6.39. The van der Waals surface area contributed by atoms with E-state index in [1.165, 1.54) is 0 Å². The summed E-state index contributed by atoms with van der Waals surface area (Å²) in [6.45, 7) is 10.6. The monoisotopic (exact) mass is 269 g/mol. The molecule has 0 saturated heterocycles. The van der Waals surface area contributed by atoms with Crippen LogP contribution in [-0.4, -0.2) is 26.0 Å². The number of aromatic nitrogens is 3. The second kappa shape index (κ2) is 6.85. The van der Waals surface area contributed by atoms with Crippen LogP contribution < -0.4 is 0 Å². The van der Waals surface area contributed by atoms with E-state index in [-0.39, 0.29) is 12.0 Å². The van der Waals surface area contributed by atoms with Gasteiger partial charge in [-0.3, -0.25) is 5.10 Å². The molecular weight excluding hydrogens is 246 g/mol. The molecule has 4 nitrogen and oxygen atoms in total. The third kappa shape index (κ3) is 4.07. The lowest BCUT2D eigenvalue weighted by Gasteiger charge is -2.20. The molecule has 102 valence electrons. The normalized spacial score (nSPS) is 14.7. The molecule has 0 aliphatic heterocycles. The highest BCUT2D eigenvalue weighted by molar-refractivity contribution is 7.71. The minimum atomic E-state index is -0.337. The topological polar surface area (TPSA) is 53.8 Å². The van der Waals surface area contributed by atoms with Crippen LogP contribution in [0.2, 0.25) is 0 Å². The van der Waals surface area contributed by atoms with Gasteiger partial charge in [0.2, 0.25) is 0 Å². The number of rotatable bonds is 7. The predicted octanol–water partition coefficient (Wildman–Crippen LogP) is 3.03. The van der Waals surface area contributed by atoms with Crippen molar-refractivity contribution in [2.45, 2.75) is 52.2 Å². The zero-order chi connectivity index (χ0) is 13.7. The number of aliphatic hydroxyl groups excluding tert-OH is 1. The van der Waals surface area contributed by atoms with Gasteiger partial charge in [0.15, 0.2) is 4.77 Å². The second-order valence-corrected chi connectivity index (χ2v) is 5.58. The van der Waals surface area contributed by atoms with Gasteiger partial charge in [0.1, 0.15) is 5.82 Å². The van der Waals surface area contributed by atoms with Gasteiger partial charge in [0.05, 0.1) is 6.10 Å². The van der Waals surface area contributed by atoms with E-state index in [9.17, 15) is 5.11 Å². The van der Waals surface area contributed by atoms with Gasteiger partial charge in [-0.15, -0.1) is 6.58 Å². The summed E-state index contributed by atoms with van der Waals surface area (Å²) in [4.78, 5) is 0. The summed E-state index contributed by atoms with van der Waals surface area (Å²) < 4.78 is 2.57. The number of hydrogen-bond donors (Lipinski definition) is 2. The standard InChI is InChI=1S/C13H23N3OS/c1-5-6-16-12(14-15-13(16)18)11(7-9(2)3)8-10(4)17/h5,9-11,17H,1,6-8H2,2-4H3,(H,15,18)/t10-,11-/m1/s1. The van der Waals surface area contributed by atoms with Crippen LogP contribution in [0.5, 0.6) is 0 Å². The van der Waals surface area contributed by atoms with Gasteiger partial charge in [-0.2, -0.15) is 5.10 Å². The van der Waals surface area contributed by atoms with Gasteiger partial charge in [-0.1, -0.05) is 19.9 Å². The fraction of sp³-hybridized carbons (Fsp3) is 0.692. The third-order valence-electron chi connectivity index (χ3n) is 2.85. The van der Waals surface area contributed by atoms with Crippen molar-refractivity contribution in [2.24, 2.45) is 5.92 Å². The smallest absolute Gasteiger partial charge is 0.195 e. The number of nitrogens with one attached hydrogen (secondary N) is 1. The molecule has 5 heteroatoms. The van der Waals surface area contributed by atoms with Gasteiger partial charge in [-0.25, -0.2) is 0 Å². The molecule has 0 fully saturated rings. The van der Waals surface area contributed by atoms with Crippen molar-refractivity contribution in [3.05, 3.63) is 23.3 Å². The Bertz CT molecular complexity index is 424. The lowest BCUT2D eigenvalue weighted by molar-refractivity contribution is 0.167.